The minimum Gasteiger partial charge on any atom is -0.491 e. The summed E-state index contributed by atoms with van der Waals surface area (Å²) in [7, 11) is 0. The molecule has 0 aliphatic carbocycles. The second-order valence-corrected chi connectivity index (χ2v) is 5.17. The molecule has 1 fully saturated rings. The van der Waals surface area contributed by atoms with E-state index >= 15 is 0 Å². The first-order valence-electron chi connectivity index (χ1n) is 6.68. The second kappa shape index (κ2) is 6.06. The first-order chi connectivity index (χ1) is 9.08. The first kappa shape index (κ1) is 13.9. The number of para-hydroxylation sites is 1. The van der Waals surface area contributed by atoms with Crippen molar-refractivity contribution < 1.29 is 19.4 Å². The summed E-state index contributed by atoms with van der Waals surface area (Å²) in [5.74, 6) is 0.373. The maximum absolute atomic E-state index is 10.8. The van der Waals surface area contributed by atoms with Crippen LogP contribution in [-0.2, 0) is 9.53 Å². The number of hydrogen-bond donors (Lipinski definition) is 1. The molecule has 19 heavy (non-hydrogen) atoms. The molecule has 0 amide bonds. The van der Waals surface area contributed by atoms with Gasteiger partial charge in [0.25, 0.3) is 0 Å². The van der Waals surface area contributed by atoms with Crippen LogP contribution in [0.5, 0.6) is 5.75 Å². The van der Waals surface area contributed by atoms with Crippen molar-refractivity contribution in [2.24, 2.45) is 0 Å². The molecule has 2 rings (SSSR count). The largest absolute Gasteiger partial charge is 0.491 e. The van der Waals surface area contributed by atoms with Crippen molar-refractivity contribution in [2.75, 3.05) is 6.61 Å². The Balaban J connectivity index is 1.91. The molecule has 4 heteroatoms. The summed E-state index contributed by atoms with van der Waals surface area (Å²) in [5.41, 5.74) is 1.16. The predicted octanol–water partition coefficient (Wildman–Crippen LogP) is 2.82. The lowest BCUT2D eigenvalue weighted by Gasteiger charge is -2.16. The monoisotopic (exact) mass is 264 g/mol. The van der Waals surface area contributed by atoms with Crippen LogP contribution in [0.15, 0.2) is 24.3 Å². The summed E-state index contributed by atoms with van der Waals surface area (Å²) < 4.78 is 11.2. The number of hydrogen-bond acceptors (Lipinski definition) is 3. The minimum atomic E-state index is -0.884. The molecule has 0 radical (unpaired) electrons. The molecule has 1 N–H and O–H groups in total. The van der Waals surface area contributed by atoms with Gasteiger partial charge in [0.05, 0.1) is 6.10 Å². The van der Waals surface area contributed by atoms with Gasteiger partial charge < -0.3 is 14.6 Å². The van der Waals surface area contributed by atoms with Crippen molar-refractivity contribution >= 4 is 5.97 Å². The molecule has 2 unspecified atom stereocenters. The van der Waals surface area contributed by atoms with Crippen LogP contribution in [0, 0.1) is 0 Å². The average molecular weight is 264 g/mol. The summed E-state index contributed by atoms with van der Waals surface area (Å²) in [6.45, 7) is 4.65. The van der Waals surface area contributed by atoms with E-state index in [1.165, 1.54) is 0 Å². The topological polar surface area (TPSA) is 55.8 Å². The van der Waals surface area contributed by atoms with Gasteiger partial charge in [0.2, 0.25) is 0 Å². The predicted molar refractivity (Wildman–Crippen MR) is 71.6 cm³/mol. The van der Waals surface area contributed by atoms with E-state index < -0.39 is 12.1 Å². The Morgan fingerprint density at radius 2 is 2.16 bits per heavy atom. The maximum atomic E-state index is 10.8. The molecule has 0 aromatic heterocycles. The highest BCUT2D eigenvalue weighted by Crippen LogP contribution is 2.27. The van der Waals surface area contributed by atoms with Crippen molar-refractivity contribution in [1.29, 1.82) is 0 Å². The molecule has 0 spiro atoms. The number of carboxylic acids is 1. The number of carboxylic acid groups (broad SMARTS) is 1. The summed E-state index contributed by atoms with van der Waals surface area (Å²) in [5, 5.41) is 8.87. The van der Waals surface area contributed by atoms with Crippen LogP contribution in [0.2, 0.25) is 0 Å². The molecule has 2 atom stereocenters. The number of carbonyl (C=O) groups is 1. The van der Waals surface area contributed by atoms with Gasteiger partial charge in [-0.15, -0.1) is 0 Å². The summed E-state index contributed by atoms with van der Waals surface area (Å²) >= 11 is 0. The maximum Gasteiger partial charge on any atom is 0.332 e. The van der Waals surface area contributed by atoms with Crippen LogP contribution < -0.4 is 4.74 Å². The van der Waals surface area contributed by atoms with Crippen LogP contribution in [-0.4, -0.2) is 29.9 Å². The molecule has 1 heterocycles. The van der Waals surface area contributed by atoms with E-state index in [1.54, 1.807) is 0 Å². The van der Waals surface area contributed by atoms with Gasteiger partial charge in [0.1, 0.15) is 12.4 Å². The van der Waals surface area contributed by atoms with Gasteiger partial charge >= 0.3 is 5.97 Å². The number of aliphatic carboxylic acids is 1. The molecular formula is C15H20O4. The van der Waals surface area contributed by atoms with Gasteiger partial charge in [-0.1, -0.05) is 32.0 Å². The van der Waals surface area contributed by atoms with Crippen molar-refractivity contribution in [3.63, 3.8) is 0 Å². The highest BCUT2D eigenvalue weighted by molar-refractivity contribution is 5.72. The molecule has 1 aromatic carbocycles. The highest BCUT2D eigenvalue weighted by Gasteiger charge is 2.30. The molecule has 4 nitrogen and oxygen atoms in total. The fourth-order valence-corrected chi connectivity index (χ4v) is 2.28. The molecule has 0 bridgehead atoms. The SMILES string of the molecule is CC(C)c1ccccc1OCC1CCC(C(=O)O)O1. The molecule has 1 aliphatic heterocycles. The van der Waals surface area contributed by atoms with E-state index in [4.69, 9.17) is 14.6 Å². The van der Waals surface area contributed by atoms with E-state index in [0.29, 0.717) is 18.9 Å². The first-order valence-corrected chi connectivity index (χ1v) is 6.68. The van der Waals surface area contributed by atoms with Crippen molar-refractivity contribution in [2.45, 2.75) is 44.8 Å². The summed E-state index contributed by atoms with van der Waals surface area (Å²) in [6.07, 6.45) is 0.506. The van der Waals surface area contributed by atoms with Gasteiger partial charge in [-0.2, -0.15) is 0 Å². The van der Waals surface area contributed by atoms with Gasteiger partial charge in [0.15, 0.2) is 6.10 Å². The minimum absolute atomic E-state index is 0.124. The van der Waals surface area contributed by atoms with E-state index in [9.17, 15) is 4.79 Å². The average Bonchev–Trinajstić information content (AvgIpc) is 2.85. The van der Waals surface area contributed by atoms with Crippen molar-refractivity contribution in [3.8, 4) is 5.75 Å². The zero-order valence-electron chi connectivity index (χ0n) is 11.3. The zero-order valence-corrected chi connectivity index (χ0v) is 11.3. The summed E-state index contributed by atoms with van der Waals surface area (Å²) in [4.78, 5) is 10.8. The number of benzene rings is 1. The Labute approximate surface area is 113 Å². The highest BCUT2D eigenvalue weighted by atomic mass is 16.6. The van der Waals surface area contributed by atoms with E-state index in [2.05, 4.69) is 19.9 Å². The quantitative estimate of drug-likeness (QED) is 0.888. The fraction of sp³-hybridized carbons (Fsp3) is 0.533. The molecule has 1 aliphatic rings. The zero-order chi connectivity index (χ0) is 13.8. The van der Waals surface area contributed by atoms with Gasteiger partial charge in [0, 0.05) is 0 Å². The third-order valence-corrected chi connectivity index (χ3v) is 3.35. The number of ether oxygens (including phenoxy) is 2. The Morgan fingerprint density at radius 1 is 1.42 bits per heavy atom. The lowest BCUT2D eigenvalue weighted by atomic mass is 10.0. The third-order valence-electron chi connectivity index (χ3n) is 3.35. The van der Waals surface area contributed by atoms with Crippen LogP contribution in [0.25, 0.3) is 0 Å². The van der Waals surface area contributed by atoms with E-state index in [-0.39, 0.29) is 6.10 Å². The van der Waals surface area contributed by atoms with Gasteiger partial charge in [-0.3, -0.25) is 0 Å². The summed E-state index contributed by atoms with van der Waals surface area (Å²) in [6, 6.07) is 7.93. The molecule has 104 valence electrons. The van der Waals surface area contributed by atoms with Crippen LogP contribution in [0.4, 0.5) is 0 Å². The lowest BCUT2D eigenvalue weighted by Crippen LogP contribution is -2.23. The fourth-order valence-electron chi connectivity index (χ4n) is 2.28. The van der Waals surface area contributed by atoms with Crippen LogP contribution in [0.1, 0.15) is 38.2 Å². The van der Waals surface area contributed by atoms with E-state index in [0.717, 1.165) is 17.7 Å². The Hall–Kier alpha value is -1.55. The van der Waals surface area contributed by atoms with Gasteiger partial charge in [-0.05, 0) is 30.4 Å². The van der Waals surface area contributed by atoms with Crippen LogP contribution in [0.3, 0.4) is 0 Å². The number of rotatable bonds is 5. The van der Waals surface area contributed by atoms with Crippen molar-refractivity contribution in [1.82, 2.24) is 0 Å². The lowest BCUT2D eigenvalue weighted by molar-refractivity contribution is -0.149. The Bertz CT molecular complexity index is 442. The molecule has 1 saturated heterocycles. The molecule has 0 saturated carbocycles. The second-order valence-electron chi connectivity index (χ2n) is 5.17. The van der Waals surface area contributed by atoms with Crippen molar-refractivity contribution in [3.05, 3.63) is 29.8 Å². The van der Waals surface area contributed by atoms with Gasteiger partial charge in [-0.25, -0.2) is 4.79 Å². The van der Waals surface area contributed by atoms with Crippen LogP contribution >= 0.6 is 0 Å². The smallest absolute Gasteiger partial charge is 0.332 e. The Morgan fingerprint density at radius 3 is 2.79 bits per heavy atom. The molecule has 1 aromatic rings. The third kappa shape index (κ3) is 3.47. The standard InChI is InChI=1S/C15H20O4/c1-10(2)12-5-3-4-6-13(12)18-9-11-7-8-14(19-11)15(16)17/h3-6,10-11,14H,7-9H2,1-2H3,(H,16,17). The van der Waals surface area contributed by atoms with E-state index in [1.807, 2.05) is 18.2 Å². The molecular weight excluding hydrogens is 244 g/mol. The Kier molecular flexibility index (Phi) is 4.43. The normalized spacial score (nSPS) is 22.7.